The molecule has 0 spiro atoms. The number of aliphatic carboxylic acids is 1. The van der Waals surface area contributed by atoms with E-state index in [0.717, 1.165) is 0 Å². The molecule has 1 atom stereocenters. The van der Waals surface area contributed by atoms with Gasteiger partial charge < -0.3 is 19.3 Å². The van der Waals surface area contributed by atoms with E-state index in [-0.39, 0.29) is 30.0 Å². The summed E-state index contributed by atoms with van der Waals surface area (Å²) in [7, 11) is 1.53. The molecule has 0 radical (unpaired) electrons. The normalized spacial score (nSPS) is 16.2. The van der Waals surface area contributed by atoms with Crippen molar-refractivity contribution in [1.29, 1.82) is 0 Å². The van der Waals surface area contributed by atoms with Gasteiger partial charge >= 0.3 is 5.97 Å². The monoisotopic (exact) mass is 294 g/mol. The first kappa shape index (κ1) is 15.1. The zero-order valence-corrected chi connectivity index (χ0v) is 12.0. The molecule has 7 heteroatoms. The van der Waals surface area contributed by atoms with E-state index in [0.29, 0.717) is 13.1 Å². The molecule has 0 aliphatic carbocycles. The maximum Gasteiger partial charge on any atom is 0.306 e. The van der Waals surface area contributed by atoms with Crippen LogP contribution in [-0.4, -0.2) is 59.4 Å². The second-order valence-electron chi connectivity index (χ2n) is 5.32. The van der Waals surface area contributed by atoms with Crippen LogP contribution in [0.3, 0.4) is 0 Å². The number of furan rings is 1. The van der Waals surface area contributed by atoms with Gasteiger partial charge in [0.05, 0.1) is 18.7 Å². The van der Waals surface area contributed by atoms with Crippen molar-refractivity contribution in [2.45, 2.75) is 6.92 Å². The number of carboxylic acids is 1. The lowest BCUT2D eigenvalue weighted by Crippen LogP contribution is -2.55. The highest BCUT2D eigenvalue weighted by Crippen LogP contribution is 2.24. The fourth-order valence-corrected chi connectivity index (χ4v) is 2.20. The maximum absolute atomic E-state index is 12.0. The minimum atomic E-state index is -0.850. The third-order valence-corrected chi connectivity index (χ3v) is 3.81. The molecule has 1 fully saturated rings. The summed E-state index contributed by atoms with van der Waals surface area (Å²) in [5.74, 6) is -1.69. The Bertz CT molecular complexity index is 534. The standard InChI is InChI=1S/C14H18N2O5/c1-9(14(19)20)10-6-16(7-10)12(17)8-15(2)13(18)11-4-3-5-21-11/h3-5,9-10H,6-8H2,1-2H3,(H,19,20). The number of hydrogen-bond acceptors (Lipinski definition) is 4. The molecule has 0 bridgehead atoms. The van der Waals surface area contributed by atoms with E-state index in [9.17, 15) is 14.4 Å². The summed E-state index contributed by atoms with van der Waals surface area (Å²) in [4.78, 5) is 37.6. The third-order valence-electron chi connectivity index (χ3n) is 3.81. The van der Waals surface area contributed by atoms with Crippen molar-refractivity contribution in [3.63, 3.8) is 0 Å². The van der Waals surface area contributed by atoms with Crippen LogP contribution in [0.25, 0.3) is 0 Å². The number of hydrogen-bond donors (Lipinski definition) is 1. The first-order valence-electron chi connectivity index (χ1n) is 6.69. The van der Waals surface area contributed by atoms with Gasteiger partial charge in [-0.1, -0.05) is 6.92 Å². The highest BCUT2D eigenvalue weighted by atomic mass is 16.4. The largest absolute Gasteiger partial charge is 0.481 e. The molecule has 1 N–H and O–H groups in total. The van der Waals surface area contributed by atoms with E-state index in [1.165, 1.54) is 24.3 Å². The zero-order valence-electron chi connectivity index (χ0n) is 12.0. The number of amides is 2. The molecule has 1 unspecified atom stereocenters. The predicted molar refractivity (Wildman–Crippen MR) is 72.5 cm³/mol. The van der Waals surface area contributed by atoms with E-state index in [1.54, 1.807) is 17.9 Å². The van der Waals surface area contributed by atoms with Crippen molar-refractivity contribution in [3.05, 3.63) is 24.2 Å². The molecular weight excluding hydrogens is 276 g/mol. The number of likely N-dealkylation sites (N-methyl/N-ethyl adjacent to an activating group) is 1. The molecule has 2 rings (SSSR count). The quantitative estimate of drug-likeness (QED) is 0.855. The van der Waals surface area contributed by atoms with Crippen molar-refractivity contribution < 1.29 is 23.9 Å². The summed E-state index contributed by atoms with van der Waals surface area (Å²) in [5.41, 5.74) is 0. The van der Waals surface area contributed by atoms with Crippen LogP contribution in [0.5, 0.6) is 0 Å². The first-order valence-corrected chi connectivity index (χ1v) is 6.69. The average molecular weight is 294 g/mol. The fourth-order valence-electron chi connectivity index (χ4n) is 2.20. The Hall–Kier alpha value is -2.31. The molecular formula is C14H18N2O5. The summed E-state index contributed by atoms with van der Waals surface area (Å²) >= 11 is 0. The van der Waals surface area contributed by atoms with E-state index in [4.69, 9.17) is 9.52 Å². The highest BCUT2D eigenvalue weighted by Gasteiger charge is 2.37. The lowest BCUT2D eigenvalue weighted by Gasteiger charge is -2.41. The van der Waals surface area contributed by atoms with Crippen molar-refractivity contribution in [1.82, 2.24) is 9.80 Å². The van der Waals surface area contributed by atoms with Crippen LogP contribution >= 0.6 is 0 Å². The van der Waals surface area contributed by atoms with E-state index in [2.05, 4.69) is 0 Å². The van der Waals surface area contributed by atoms with Crippen LogP contribution in [0.15, 0.2) is 22.8 Å². The summed E-state index contributed by atoms with van der Waals surface area (Å²) in [6.07, 6.45) is 1.40. The molecule has 7 nitrogen and oxygen atoms in total. The Morgan fingerprint density at radius 1 is 1.48 bits per heavy atom. The van der Waals surface area contributed by atoms with Crippen molar-refractivity contribution in [2.75, 3.05) is 26.7 Å². The minimum absolute atomic E-state index is 0.0162. The molecule has 2 amide bonds. The first-order chi connectivity index (χ1) is 9.90. The zero-order chi connectivity index (χ0) is 15.6. The van der Waals surface area contributed by atoms with Gasteiger partial charge in [-0.25, -0.2) is 0 Å². The van der Waals surface area contributed by atoms with Gasteiger partial charge in [0.2, 0.25) is 5.91 Å². The molecule has 114 valence electrons. The Balaban J connectivity index is 1.81. The lowest BCUT2D eigenvalue weighted by molar-refractivity contribution is -0.150. The summed E-state index contributed by atoms with van der Waals surface area (Å²) in [6, 6.07) is 3.15. The van der Waals surface area contributed by atoms with Gasteiger partial charge in [0.1, 0.15) is 0 Å². The molecule has 1 aliphatic heterocycles. The molecule has 0 aromatic carbocycles. The topological polar surface area (TPSA) is 91.1 Å². The summed E-state index contributed by atoms with van der Waals surface area (Å²) < 4.78 is 4.99. The molecule has 21 heavy (non-hydrogen) atoms. The van der Waals surface area contributed by atoms with Crippen LogP contribution in [0.2, 0.25) is 0 Å². The van der Waals surface area contributed by atoms with Crippen molar-refractivity contribution >= 4 is 17.8 Å². The van der Waals surface area contributed by atoms with Gasteiger partial charge in [-0.2, -0.15) is 0 Å². The van der Waals surface area contributed by atoms with Gasteiger partial charge in [0.15, 0.2) is 5.76 Å². The number of carbonyl (C=O) groups excluding carboxylic acids is 2. The van der Waals surface area contributed by atoms with E-state index in [1.807, 2.05) is 0 Å². The van der Waals surface area contributed by atoms with Gasteiger partial charge in [0.25, 0.3) is 5.91 Å². The molecule has 1 aromatic rings. The maximum atomic E-state index is 12.0. The van der Waals surface area contributed by atoms with E-state index >= 15 is 0 Å². The second kappa shape index (κ2) is 5.99. The lowest BCUT2D eigenvalue weighted by atomic mass is 9.87. The molecule has 1 aromatic heterocycles. The molecule has 0 saturated carbocycles. The third kappa shape index (κ3) is 3.24. The Morgan fingerprint density at radius 2 is 2.14 bits per heavy atom. The predicted octanol–water partition coefficient (Wildman–Crippen LogP) is 0.531. The highest BCUT2D eigenvalue weighted by molar-refractivity contribution is 5.94. The fraction of sp³-hybridized carbons (Fsp3) is 0.500. The van der Waals surface area contributed by atoms with Gasteiger partial charge in [0, 0.05) is 26.1 Å². The van der Waals surface area contributed by atoms with Crippen LogP contribution in [0, 0.1) is 11.8 Å². The molecule has 1 saturated heterocycles. The average Bonchev–Trinajstić information content (AvgIpc) is 2.89. The Labute approximate surface area is 122 Å². The smallest absolute Gasteiger partial charge is 0.306 e. The number of carbonyl (C=O) groups is 3. The number of rotatable bonds is 5. The number of nitrogens with zero attached hydrogens (tertiary/aromatic N) is 2. The molecule has 2 heterocycles. The Kier molecular flexibility index (Phi) is 4.30. The summed E-state index contributed by atoms with van der Waals surface area (Å²) in [5, 5.41) is 8.90. The van der Waals surface area contributed by atoms with Gasteiger partial charge in [-0.05, 0) is 12.1 Å². The van der Waals surface area contributed by atoms with Gasteiger partial charge in [-0.3, -0.25) is 14.4 Å². The van der Waals surface area contributed by atoms with Gasteiger partial charge in [-0.15, -0.1) is 0 Å². The summed E-state index contributed by atoms with van der Waals surface area (Å²) in [6.45, 7) is 2.44. The number of likely N-dealkylation sites (tertiary alicyclic amines) is 1. The van der Waals surface area contributed by atoms with Crippen molar-refractivity contribution in [3.8, 4) is 0 Å². The van der Waals surface area contributed by atoms with Crippen molar-refractivity contribution in [2.24, 2.45) is 11.8 Å². The molecule has 1 aliphatic rings. The van der Waals surface area contributed by atoms with Crippen LogP contribution in [0.4, 0.5) is 0 Å². The van der Waals surface area contributed by atoms with Crippen LogP contribution in [-0.2, 0) is 9.59 Å². The van der Waals surface area contributed by atoms with Crippen LogP contribution in [0.1, 0.15) is 17.5 Å². The number of carboxylic acid groups (broad SMARTS) is 1. The minimum Gasteiger partial charge on any atom is -0.481 e. The second-order valence-corrected chi connectivity index (χ2v) is 5.32. The van der Waals surface area contributed by atoms with E-state index < -0.39 is 11.9 Å². The Morgan fingerprint density at radius 3 is 2.67 bits per heavy atom. The van der Waals surface area contributed by atoms with Crippen LogP contribution < -0.4 is 0 Å². The SMILES string of the molecule is CC(C(=O)O)C1CN(C(=O)CN(C)C(=O)c2ccco2)C1.